The molecule has 1 amide bonds. The number of rotatable bonds is 11. The van der Waals surface area contributed by atoms with E-state index in [2.05, 4.69) is 4.90 Å². The summed E-state index contributed by atoms with van der Waals surface area (Å²) in [5.74, 6) is 3.07. The summed E-state index contributed by atoms with van der Waals surface area (Å²) in [5.41, 5.74) is 2.71. The lowest BCUT2D eigenvalue weighted by Gasteiger charge is -2.21. The molecule has 0 fully saturated rings. The number of para-hydroxylation sites is 1. The fourth-order valence-electron chi connectivity index (χ4n) is 3.45. The summed E-state index contributed by atoms with van der Waals surface area (Å²) < 4.78 is 22.6. The molecule has 0 saturated heterocycles. The average Bonchev–Trinajstić information content (AvgIpc) is 3.50. The Morgan fingerprint density at radius 2 is 1.91 bits per heavy atom. The number of hydrogen-bond acceptors (Lipinski definition) is 7. The van der Waals surface area contributed by atoms with Crippen LogP contribution in [-0.2, 0) is 17.8 Å². The Kier molecular flexibility index (Phi) is 7.63. The maximum atomic E-state index is 11.2. The number of carbonyl (C=O) groups excluding carboxylic acids is 1. The van der Waals surface area contributed by atoms with Crippen LogP contribution in [0.1, 0.15) is 17.1 Å². The van der Waals surface area contributed by atoms with Gasteiger partial charge < -0.3 is 18.6 Å². The highest BCUT2D eigenvalue weighted by molar-refractivity contribution is 5.90. The zero-order valence-electron chi connectivity index (χ0n) is 18.1. The Morgan fingerprint density at radius 1 is 1.06 bits per heavy atom. The van der Waals surface area contributed by atoms with Gasteiger partial charge in [0.05, 0.1) is 6.54 Å². The van der Waals surface area contributed by atoms with E-state index in [4.69, 9.17) is 23.8 Å². The number of fused-ring (bicyclic) bond motifs is 1. The largest absolute Gasteiger partial charge is 0.492 e. The summed E-state index contributed by atoms with van der Waals surface area (Å²) in [6.45, 7) is 2.88. The molecular formula is C25H26N2O6. The van der Waals surface area contributed by atoms with Crippen molar-refractivity contribution in [1.82, 2.24) is 10.4 Å². The Labute approximate surface area is 191 Å². The van der Waals surface area contributed by atoms with E-state index in [-0.39, 0.29) is 6.79 Å². The first-order valence-electron chi connectivity index (χ1n) is 10.7. The number of furan rings is 1. The monoisotopic (exact) mass is 450 g/mol. The van der Waals surface area contributed by atoms with Crippen molar-refractivity contribution in [3.8, 4) is 17.2 Å². The molecule has 0 saturated carbocycles. The number of hydroxylamine groups is 1. The fraction of sp³-hybridized carbons (Fsp3) is 0.240. The van der Waals surface area contributed by atoms with Crippen molar-refractivity contribution in [3.63, 3.8) is 0 Å². The van der Waals surface area contributed by atoms with Crippen molar-refractivity contribution in [1.29, 1.82) is 0 Å². The summed E-state index contributed by atoms with van der Waals surface area (Å²) >= 11 is 0. The smallest absolute Gasteiger partial charge is 0.267 e. The molecule has 8 nitrogen and oxygen atoms in total. The lowest BCUT2D eigenvalue weighted by Crippen LogP contribution is -2.30. The van der Waals surface area contributed by atoms with Crippen molar-refractivity contribution in [3.05, 3.63) is 83.8 Å². The van der Waals surface area contributed by atoms with Crippen LogP contribution in [0.25, 0.3) is 6.08 Å². The third-order valence-electron chi connectivity index (χ3n) is 5.14. The molecular weight excluding hydrogens is 424 g/mol. The van der Waals surface area contributed by atoms with Gasteiger partial charge in [-0.2, -0.15) is 0 Å². The zero-order valence-corrected chi connectivity index (χ0v) is 18.1. The average molecular weight is 450 g/mol. The summed E-state index contributed by atoms with van der Waals surface area (Å²) in [6, 6.07) is 19.4. The summed E-state index contributed by atoms with van der Waals surface area (Å²) in [7, 11) is 0. The molecule has 172 valence electrons. The van der Waals surface area contributed by atoms with Crippen LogP contribution in [0.4, 0.5) is 0 Å². The molecule has 1 aliphatic heterocycles. The van der Waals surface area contributed by atoms with Crippen LogP contribution in [0.2, 0.25) is 0 Å². The number of nitrogens with one attached hydrogen (secondary N) is 1. The third kappa shape index (κ3) is 6.61. The second-order valence-corrected chi connectivity index (χ2v) is 7.49. The van der Waals surface area contributed by atoms with Gasteiger partial charge in [0.1, 0.15) is 23.9 Å². The number of nitrogens with zero attached hydrogens (tertiary/aromatic N) is 1. The van der Waals surface area contributed by atoms with Gasteiger partial charge in [-0.25, -0.2) is 5.48 Å². The Hall–Kier alpha value is -3.75. The first kappa shape index (κ1) is 22.4. The van der Waals surface area contributed by atoms with Crippen molar-refractivity contribution in [2.24, 2.45) is 0 Å². The van der Waals surface area contributed by atoms with Crippen LogP contribution >= 0.6 is 0 Å². The van der Waals surface area contributed by atoms with E-state index in [0.29, 0.717) is 25.5 Å². The summed E-state index contributed by atoms with van der Waals surface area (Å²) in [4.78, 5) is 13.4. The molecule has 1 aliphatic rings. The van der Waals surface area contributed by atoms with Gasteiger partial charge in [-0.3, -0.25) is 14.9 Å². The van der Waals surface area contributed by atoms with Crippen molar-refractivity contribution < 1.29 is 28.6 Å². The van der Waals surface area contributed by atoms with E-state index in [0.717, 1.165) is 41.5 Å². The van der Waals surface area contributed by atoms with Gasteiger partial charge in [-0.1, -0.05) is 24.3 Å². The number of benzene rings is 2. The number of ether oxygens (including phenoxy) is 3. The number of hydrogen-bond donors (Lipinski definition) is 2. The van der Waals surface area contributed by atoms with E-state index in [1.807, 2.05) is 54.6 Å². The van der Waals surface area contributed by atoms with E-state index >= 15 is 0 Å². The first-order chi connectivity index (χ1) is 16.2. The quantitative estimate of drug-likeness (QED) is 0.262. The molecule has 0 unspecified atom stereocenters. The Balaban J connectivity index is 1.37. The zero-order chi connectivity index (χ0) is 22.9. The third-order valence-corrected chi connectivity index (χ3v) is 5.14. The molecule has 4 rings (SSSR count). The van der Waals surface area contributed by atoms with Gasteiger partial charge in [0, 0.05) is 19.2 Å². The summed E-state index contributed by atoms with van der Waals surface area (Å²) in [5, 5.41) is 8.59. The predicted octanol–water partition coefficient (Wildman–Crippen LogP) is 3.65. The Bertz CT molecular complexity index is 1080. The Morgan fingerprint density at radius 3 is 2.76 bits per heavy atom. The number of carbonyl (C=O) groups is 1. The second kappa shape index (κ2) is 11.2. The number of amides is 1. The maximum absolute atomic E-state index is 11.2. The van der Waals surface area contributed by atoms with Gasteiger partial charge in [0.15, 0.2) is 11.5 Å². The molecule has 2 N–H and O–H groups in total. The topological polar surface area (TPSA) is 93.4 Å². The minimum atomic E-state index is -0.614. The van der Waals surface area contributed by atoms with Crippen LogP contribution in [-0.4, -0.2) is 42.5 Å². The molecule has 3 aromatic rings. The van der Waals surface area contributed by atoms with Crippen LogP contribution in [0.15, 0.2) is 71.2 Å². The van der Waals surface area contributed by atoms with Crippen molar-refractivity contribution in [2.45, 2.75) is 13.0 Å². The minimum absolute atomic E-state index is 0.261. The van der Waals surface area contributed by atoms with Crippen molar-refractivity contribution >= 4 is 12.0 Å². The highest BCUT2D eigenvalue weighted by atomic mass is 16.7. The van der Waals surface area contributed by atoms with Gasteiger partial charge in [-0.15, -0.1) is 0 Å². The molecule has 0 atom stereocenters. The highest BCUT2D eigenvalue weighted by Gasteiger charge is 2.15. The van der Waals surface area contributed by atoms with Gasteiger partial charge in [0.2, 0.25) is 6.79 Å². The van der Waals surface area contributed by atoms with Gasteiger partial charge in [0.25, 0.3) is 5.91 Å². The molecule has 0 aliphatic carbocycles. The molecule has 0 radical (unpaired) electrons. The second-order valence-electron chi connectivity index (χ2n) is 7.49. The lowest BCUT2D eigenvalue weighted by molar-refractivity contribution is -0.124. The van der Waals surface area contributed by atoms with Crippen molar-refractivity contribution in [2.75, 3.05) is 26.5 Å². The highest BCUT2D eigenvalue weighted by Crippen LogP contribution is 2.32. The van der Waals surface area contributed by atoms with Crippen LogP contribution in [0, 0.1) is 0 Å². The molecule has 0 spiro atoms. The van der Waals surface area contributed by atoms with Crippen LogP contribution < -0.4 is 19.7 Å². The van der Waals surface area contributed by atoms with E-state index in [1.54, 1.807) is 11.5 Å². The SMILES string of the molecule is O=C(/C=C/c1ccc(CN(CCOc2ccccc2)CCc2ccc3c(c2)OCO3)o1)NO. The molecule has 8 heteroatoms. The van der Waals surface area contributed by atoms with E-state index in [1.165, 1.54) is 12.2 Å². The molecule has 2 heterocycles. The van der Waals surface area contributed by atoms with Gasteiger partial charge in [-0.05, 0) is 54.5 Å². The van der Waals surface area contributed by atoms with Crippen LogP contribution in [0.3, 0.4) is 0 Å². The van der Waals surface area contributed by atoms with Gasteiger partial charge >= 0.3 is 0 Å². The van der Waals surface area contributed by atoms with E-state index in [9.17, 15) is 4.79 Å². The first-order valence-corrected chi connectivity index (χ1v) is 10.7. The summed E-state index contributed by atoms with van der Waals surface area (Å²) in [6.07, 6.45) is 3.53. The standard InChI is InChI=1S/C25H26N2O6/c28-25(26-29)11-9-21-7-8-22(33-21)17-27(14-15-30-20-4-2-1-3-5-20)13-12-19-6-10-23-24(16-19)32-18-31-23/h1-11,16,29H,12-15,17-18H2,(H,26,28)/b11-9+. The molecule has 33 heavy (non-hydrogen) atoms. The van der Waals surface area contributed by atoms with E-state index < -0.39 is 5.91 Å². The predicted molar refractivity (Wildman–Crippen MR) is 121 cm³/mol. The van der Waals surface area contributed by atoms with Crippen LogP contribution in [0.5, 0.6) is 17.2 Å². The molecule has 2 aromatic carbocycles. The maximum Gasteiger partial charge on any atom is 0.267 e. The molecule has 1 aromatic heterocycles. The fourth-order valence-corrected chi connectivity index (χ4v) is 3.45. The molecule has 0 bridgehead atoms. The lowest BCUT2D eigenvalue weighted by atomic mass is 10.1. The normalized spacial score (nSPS) is 12.4. The minimum Gasteiger partial charge on any atom is -0.492 e.